The van der Waals surface area contributed by atoms with Crippen molar-refractivity contribution in [3.05, 3.63) is 83.9 Å². The fourth-order valence-corrected chi connectivity index (χ4v) is 2.68. The third-order valence-electron chi connectivity index (χ3n) is 3.79. The molecule has 0 aliphatic rings. The molecule has 116 valence electrons. The molecule has 0 N–H and O–H groups in total. The Morgan fingerprint density at radius 3 is 1.91 bits per heavy atom. The van der Waals surface area contributed by atoms with Crippen LogP contribution in [0.25, 0.3) is 22.3 Å². The van der Waals surface area contributed by atoms with Crippen molar-refractivity contribution in [2.75, 3.05) is 0 Å². The normalized spacial score (nSPS) is 11.5. The maximum Gasteiger partial charge on any atom is 0.417 e. The van der Waals surface area contributed by atoms with E-state index in [1.54, 1.807) is 36.4 Å². The highest BCUT2D eigenvalue weighted by molar-refractivity contribution is 5.86. The summed E-state index contributed by atoms with van der Waals surface area (Å²) >= 11 is 0. The molecule has 0 radical (unpaired) electrons. The Kier molecular flexibility index (Phi) is 3.95. The SMILES string of the molecule is Cc1ccc(-c2cccc(C(F)(F)F)c2-c2ccccc2)cc1. The second-order valence-electron chi connectivity index (χ2n) is 5.46. The number of alkyl halides is 3. The molecule has 0 amide bonds. The van der Waals surface area contributed by atoms with Gasteiger partial charge in [0.2, 0.25) is 0 Å². The Morgan fingerprint density at radius 1 is 0.652 bits per heavy atom. The summed E-state index contributed by atoms with van der Waals surface area (Å²) in [5, 5.41) is 0. The van der Waals surface area contributed by atoms with E-state index in [1.807, 2.05) is 31.2 Å². The van der Waals surface area contributed by atoms with Crippen LogP contribution in [-0.2, 0) is 6.18 Å². The molecule has 0 aliphatic heterocycles. The van der Waals surface area contributed by atoms with Gasteiger partial charge in [-0.1, -0.05) is 72.3 Å². The van der Waals surface area contributed by atoms with Crippen LogP contribution in [0.15, 0.2) is 72.8 Å². The summed E-state index contributed by atoms with van der Waals surface area (Å²) in [7, 11) is 0. The first-order valence-electron chi connectivity index (χ1n) is 7.29. The van der Waals surface area contributed by atoms with Gasteiger partial charge in [0.1, 0.15) is 0 Å². The molecule has 0 fully saturated rings. The first kappa shape index (κ1) is 15.3. The summed E-state index contributed by atoms with van der Waals surface area (Å²) in [6.45, 7) is 1.95. The number of halogens is 3. The van der Waals surface area contributed by atoms with Crippen LogP contribution in [-0.4, -0.2) is 0 Å². The maximum atomic E-state index is 13.5. The highest BCUT2D eigenvalue weighted by atomic mass is 19.4. The fraction of sp³-hybridized carbons (Fsp3) is 0.100. The molecule has 0 aliphatic carbocycles. The molecule has 3 aromatic carbocycles. The highest BCUT2D eigenvalue weighted by Crippen LogP contribution is 2.42. The summed E-state index contributed by atoms with van der Waals surface area (Å²) in [6.07, 6.45) is -4.40. The molecule has 0 unspecified atom stereocenters. The van der Waals surface area contributed by atoms with Crippen molar-refractivity contribution >= 4 is 0 Å². The average Bonchev–Trinajstić information content (AvgIpc) is 2.55. The monoisotopic (exact) mass is 312 g/mol. The van der Waals surface area contributed by atoms with Gasteiger partial charge in [0.15, 0.2) is 0 Å². The van der Waals surface area contributed by atoms with Gasteiger partial charge in [-0.2, -0.15) is 13.2 Å². The van der Waals surface area contributed by atoms with Gasteiger partial charge in [-0.3, -0.25) is 0 Å². The average molecular weight is 312 g/mol. The number of hydrogen-bond acceptors (Lipinski definition) is 0. The molecular formula is C20H15F3. The number of aryl methyl sites for hydroxylation is 1. The maximum absolute atomic E-state index is 13.5. The lowest BCUT2D eigenvalue weighted by Gasteiger charge is -2.17. The zero-order valence-electron chi connectivity index (χ0n) is 12.6. The molecule has 0 heterocycles. The van der Waals surface area contributed by atoms with Gasteiger partial charge < -0.3 is 0 Å². The van der Waals surface area contributed by atoms with Crippen molar-refractivity contribution in [2.24, 2.45) is 0 Å². The van der Waals surface area contributed by atoms with Crippen LogP contribution in [0.2, 0.25) is 0 Å². The van der Waals surface area contributed by atoms with Gasteiger partial charge in [-0.05, 0) is 29.7 Å². The molecule has 3 aromatic rings. The quantitative estimate of drug-likeness (QED) is 0.517. The molecule has 0 bridgehead atoms. The summed E-state index contributed by atoms with van der Waals surface area (Å²) in [5.41, 5.74) is 2.62. The van der Waals surface area contributed by atoms with E-state index in [-0.39, 0.29) is 5.56 Å². The molecule has 0 spiro atoms. The zero-order chi connectivity index (χ0) is 16.4. The van der Waals surface area contributed by atoms with Crippen molar-refractivity contribution in [3.8, 4) is 22.3 Å². The molecule has 0 saturated heterocycles. The van der Waals surface area contributed by atoms with Crippen LogP contribution in [0.1, 0.15) is 11.1 Å². The molecule has 0 atom stereocenters. The summed E-state index contributed by atoms with van der Waals surface area (Å²) in [6, 6.07) is 20.6. The predicted octanol–water partition coefficient (Wildman–Crippen LogP) is 6.35. The molecule has 3 rings (SSSR count). The predicted molar refractivity (Wildman–Crippen MR) is 87.1 cm³/mol. The van der Waals surface area contributed by atoms with Crippen LogP contribution < -0.4 is 0 Å². The molecule has 0 aromatic heterocycles. The standard InChI is InChI=1S/C20H15F3/c1-14-10-12-15(13-11-14)17-8-5-9-18(20(21,22)23)19(17)16-6-3-2-4-7-16/h2-13H,1H3. The van der Waals surface area contributed by atoms with E-state index in [2.05, 4.69) is 0 Å². The van der Waals surface area contributed by atoms with Crippen molar-refractivity contribution in [1.29, 1.82) is 0 Å². The molecule has 3 heteroatoms. The largest absolute Gasteiger partial charge is 0.417 e. The van der Waals surface area contributed by atoms with Gasteiger partial charge in [-0.25, -0.2) is 0 Å². The van der Waals surface area contributed by atoms with Gasteiger partial charge in [0.25, 0.3) is 0 Å². The minimum atomic E-state index is -4.40. The highest BCUT2D eigenvalue weighted by Gasteiger charge is 2.34. The lowest BCUT2D eigenvalue weighted by atomic mass is 9.90. The van der Waals surface area contributed by atoms with Gasteiger partial charge in [0, 0.05) is 5.56 Å². The Labute approximate surface area is 133 Å². The van der Waals surface area contributed by atoms with E-state index in [1.165, 1.54) is 6.07 Å². The third-order valence-corrected chi connectivity index (χ3v) is 3.79. The van der Waals surface area contributed by atoms with Gasteiger partial charge in [-0.15, -0.1) is 0 Å². The van der Waals surface area contributed by atoms with Crippen molar-refractivity contribution in [2.45, 2.75) is 13.1 Å². The number of rotatable bonds is 2. The van der Waals surface area contributed by atoms with E-state index in [4.69, 9.17) is 0 Å². The number of hydrogen-bond donors (Lipinski definition) is 0. The Bertz CT molecular complexity index is 801. The second kappa shape index (κ2) is 5.92. The molecule has 0 nitrogen and oxygen atoms in total. The molecule has 0 saturated carbocycles. The summed E-state index contributed by atoms with van der Waals surface area (Å²) < 4.78 is 40.5. The zero-order valence-corrected chi connectivity index (χ0v) is 12.6. The second-order valence-corrected chi connectivity index (χ2v) is 5.46. The van der Waals surface area contributed by atoms with Crippen molar-refractivity contribution < 1.29 is 13.2 Å². The fourth-order valence-electron chi connectivity index (χ4n) is 2.68. The van der Waals surface area contributed by atoms with E-state index in [9.17, 15) is 13.2 Å². The van der Waals surface area contributed by atoms with Crippen LogP contribution in [0, 0.1) is 6.92 Å². The minimum absolute atomic E-state index is 0.226. The summed E-state index contributed by atoms with van der Waals surface area (Å²) in [5.74, 6) is 0. The lowest BCUT2D eigenvalue weighted by Crippen LogP contribution is -2.08. The van der Waals surface area contributed by atoms with Crippen molar-refractivity contribution in [3.63, 3.8) is 0 Å². The first-order valence-corrected chi connectivity index (χ1v) is 7.29. The van der Waals surface area contributed by atoms with E-state index in [0.29, 0.717) is 11.1 Å². The third kappa shape index (κ3) is 3.14. The minimum Gasteiger partial charge on any atom is -0.166 e. The topological polar surface area (TPSA) is 0 Å². The van der Waals surface area contributed by atoms with Crippen LogP contribution in [0.4, 0.5) is 13.2 Å². The van der Waals surface area contributed by atoms with Gasteiger partial charge >= 0.3 is 6.18 Å². The lowest BCUT2D eigenvalue weighted by molar-refractivity contribution is -0.137. The van der Waals surface area contributed by atoms with Crippen LogP contribution in [0.3, 0.4) is 0 Å². The van der Waals surface area contributed by atoms with Crippen LogP contribution in [0.5, 0.6) is 0 Å². The summed E-state index contributed by atoms with van der Waals surface area (Å²) in [4.78, 5) is 0. The van der Waals surface area contributed by atoms with Crippen molar-refractivity contribution in [1.82, 2.24) is 0 Å². The van der Waals surface area contributed by atoms with Crippen LogP contribution >= 0.6 is 0 Å². The first-order chi connectivity index (χ1) is 11.0. The smallest absolute Gasteiger partial charge is 0.166 e. The Hall–Kier alpha value is -2.55. The Balaban J connectivity index is 2.30. The Morgan fingerprint density at radius 2 is 1.30 bits per heavy atom. The van der Waals surface area contributed by atoms with Gasteiger partial charge in [0.05, 0.1) is 5.56 Å². The van der Waals surface area contributed by atoms with E-state index >= 15 is 0 Å². The molecular weight excluding hydrogens is 297 g/mol. The van der Waals surface area contributed by atoms with E-state index < -0.39 is 11.7 Å². The van der Waals surface area contributed by atoms with E-state index in [0.717, 1.165) is 17.2 Å². The number of benzene rings is 3. The molecule has 23 heavy (non-hydrogen) atoms.